The SMILES string of the molecule is O=S(=O)(CCCN1CCOC(c2ccc(Cl)cc2)C1)c1ccccc1. The molecule has 2 aromatic carbocycles. The Kier molecular flexibility index (Phi) is 6.12. The molecule has 0 amide bonds. The Morgan fingerprint density at radius 1 is 1.08 bits per heavy atom. The van der Waals surface area contributed by atoms with Gasteiger partial charge in [0.05, 0.1) is 23.4 Å². The van der Waals surface area contributed by atoms with Crippen LogP contribution in [-0.4, -0.2) is 45.3 Å². The summed E-state index contributed by atoms with van der Waals surface area (Å²) in [7, 11) is -3.20. The molecule has 1 aliphatic rings. The van der Waals surface area contributed by atoms with Crippen LogP contribution in [0.3, 0.4) is 0 Å². The summed E-state index contributed by atoms with van der Waals surface area (Å²) in [6.07, 6.45) is 0.627. The van der Waals surface area contributed by atoms with Crippen LogP contribution in [0.1, 0.15) is 18.1 Å². The molecule has 1 heterocycles. The first-order valence-corrected chi connectivity index (χ1v) is 10.4. The second-order valence-electron chi connectivity index (χ2n) is 6.20. The van der Waals surface area contributed by atoms with Gasteiger partial charge in [-0.1, -0.05) is 41.9 Å². The van der Waals surface area contributed by atoms with E-state index >= 15 is 0 Å². The van der Waals surface area contributed by atoms with Crippen LogP contribution in [0.4, 0.5) is 0 Å². The molecule has 0 saturated carbocycles. The molecule has 0 aromatic heterocycles. The van der Waals surface area contributed by atoms with Gasteiger partial charge in [-0.15, -0.1) is 0 Å². The zero-order chi connectivity index (χ0) is 17.7. The van der Waals surface area contributed by atoms with E-state index in [0.29, 0.717) is 22.9 Å². The summed E-state index contributed by atoms with van der Waals surface area (Å²) in [5.74, 6) is 0.167. The Bertz CT molecular complexity index is 778. The fourth-order valence-corrected chi connectivity index (χ4v) is 4.45. The van der Waals surface area contributed by atoms with Crippen molar-refractivity contribution in [3.63, 3.8) is 0 Å². The molecule has 6 heteroatoms. The van der Waals surface area contributed by atoms with E-state index in [0.717, 1.165) is 25.2 Å². The maximum absolute atomic E-state index is 12.3. The first kappa shape index (κ1) is 18.4. The van der Waals surface area contributed by atoms with Crippen LogP contribution >= 0.6 is 11.6 Å². The number of nitrogens with zero attached hydrogens (tertiary/aromatic N) is 1. The quantitative estimate of drug-likeness (QED) is 0.769. The number of morpholine rings is 1. The molecule has 4 nitrogen and oxygen atoms in total. The topological polar surface area (TPSA) is 46.6 Å². The summed E-state index contributed by atoms with van der Waals surface area (Å²) in [4.78, 5) is 2.67. The molecular formula is C19H22ClNO3S. The second kappa shape index (κ2) is 8.32. The van der Waals surface area contributed by atoms with E-state index in [-0.39, 0.29) is 11.9 Å². The summed E-state index contributed by atoms with van der Waals surface area (Å²) in [6.45, 7) is 3.00. The van der Waals surface area contributed by atoms with Crippen LogP contribution in [0.15, 0.2) is 59.5 Å². The third-order valence-electron chi connectivity index (χ3n) is 4.38. The molecule has 0 aliphatic carbocycles. The number of rotatable bonds is 6. The van der Waals surface area contributed by atoms with E-state index in [1.54, 1.807) is 24.3 Å². The summed E-state index contributed by atoms with van der Waals surface area (Å²) < 4.78 is 30.5. The lowest BCUT2D eigenvalue weighted by Crippen LogP contribution is -2.39. The predicted molar refractivity (Wildman–Crippen MR) is 99.7 cm³/mol. The number of halogens is 1. The van der Waals surface area contributed by atoms with Crippen LogP contribution in [0, 0.1) is 0 Å². The highest BCUT2D eigenvalue weighted by Crippen LogP contribution is 2.24. The molecule has 1 aliphatic heterocycles. The lowest BCUT2D eigenvalue weighted by Gasteiger charge is -2.33. The zero-order valence-corrected chi connectivity index (χ0v) is 15.5. The maximum atomic E-state index is 12.3. The number of ether oxygens (including phenoxy) is 1. The smallest absolute Gasteiger partial charge is 0.178 e. The van der Waals surface area contributed by atoms with E-state index < -0.39 is 9.84 Å². The van der Waals surface area contributed by atoms with Gasteiger partial charge in [-0.3, -0.25) is 4.90 Å². The van der Waals surface area contributed by atoms with Crippen molar-refractivity contribution in [2.45, 2.75) is 17.4 Å². The van der Waals surface area contributed by atoms with Gasteiger partial charge >= 0.3 is 0 Å². The molecule has 2 aromatic rings. The highest BCUT2D eigenvalue weighted by atomic mass is 35.5. The van der Waals surface area contributed by atoms with Gasteiger partial charge in [-0.2, -0.15) is 0 Å². The van der Waals surface area contributed by atoms with Gasteiger partial charge in [0.25, 0.3) is 0 Å². The molecule has 1 unspecified atom stereocenters. The molecule has 0 spiro atoms. The van der Waals surface area contributed by atoms with Crippen molar-refractivity contribution >= 4 is 21.4 Å². The lowest BCUT2D eigenvalue weighted by atomic mass is 10.1. The predicted octanol–water partition coefficient (Wildman–Crippen LogP) is 3.58. The minimum absolute atomic E-state index is 0.0109. The highest BCUT2D eigenvalue weighted by molar-refractivity contribution is 7.91. The van der Waals surface area contributed by atoms with Gasteiger partial charge in [-0.05, 0) is 42.8 Å². The molecule has 1 atom stereocenters. The van der Waals surface area contributed by atoms with Gasteiger partial charge in [0.2, 0.25) is 0 Å². The van der Waals surface area contributed by atoms with Crippen molar-refractivity contribution in [1.82, 2.24) is 4.90 Å². The third-order valence-corrected chi connectivity index (χ3v) is 6.45. The van der Waals surface area contributed by atoms with Gasteiger partial charge < -0.3 is 4.74 Å². The molecule has 0 bridgehead atoms. The third kappa shape index (κ3) is 5.05. The largest absolute Gasteiger partial charge is 0.371 e. The summed E-state index contributed by atoms with van der Waals surface area (Å²) in [6, 6.07) is 16.3. The Labute approximate surface area is 154 Å². The van der Waals surface area contributed by atoms with Gasteiger partial charge in [0, 0.05) is 18.1 Å². The van der Waals surface area contributed by atoms with E-state index in [9.17, 15) is 8.42 Å². The Balaban J connectivity index is 1.52. The van der Waals surface area contributed by atoms with E-state index in [1.165, 1.54) is 0 Å². The molecule has 25 heavy (non-hydrogen) atoms. The minimum atomic E-state index is -3.20. The van der Waals surface area contributed by atoms with Crippen LogP contribution in [0.5, 0.6) is 0 Å². The fourth-order valence-electron chi connectivity index (χ4n) is 3.01. The fraction of sp³-hybridized carbons (Fsp3) is 0.368. The summed E-state index contributed by atoms with van der Waals surface area (Å²) in [5.41, 5.74) is 1.10. The average molecular weight is 380 g/mol. The maximum Gasteiger partial charge on any atom is 0.178 e. The number of benzene rings is 2. The van der Waals surface area contributed by atoms with Gasteiger partial charge in [0.1, 0.15) is 0 Å². The van der Waals surface area contributed by atoms with E-state index in [2.05, 4.69) is 4.90 Å². The number of hydrogen-bond donors (Lipinski definition) is 0. The second-order valence-corrected chi connectivity index (χ2v) is 8.74. The Morgan fingerprint density at radius 3 is 2.52 bits per heavy atom. The molecule has 1 saturated heterocycles. The summed E-state index contributed by atoms with van der Waals surface area (Å²) >= 11 is 5.93. The highest BCUT2D eigenvalue weighted by Gasteiger charge is 2.22. The molecule has 0 radical (unpaired) electrons. The van der Waals surface area contributed by atoms with Crippen molar-refractivity contribution in [2.24, 2.45) is 0 Å². The average Bonchev–Trinajstić information content (AvgIpc) is 2.63. The Morgan fingerprint density at radius 2 is 1.80 bits per heavy atom. The number of hydrogen-bond acceptors (Lipinski definition) is 4. The van der Waals surface area contributed by atoms with Crippen LogP contribution in [0.25, 0.3) is 0 Å². The van der Waals surface area contributed by atoms with Crippen LogP contribution in [0.2, 0.25) is 5.02 Å². The molecule has 0 N–H and O–H groups in total. The number of sulfone groups is 1. The van der Waals surface area contributed by atoms with Gasteiger partial charge in [-0.25, -0.2) is 8.42 Å². The first-order chi connectivity index (χ1) is 12.0. The van der Waals surface area contributed by atoms with Crippen molar-refractivity contribution in [3.05, 3.63) is 65.2 Å². The van der Waals surface area contributed by atoms with Crippen LogP contribution in [-0.2, 0) is 14.6 Å². The Hall–Kier alpha value is -1.40. The van der Waals surface area contributed by atoms with E-state index in [1.807, 2.05) is 30.3 Å². The first-order valence-electron chi connectivity index (χ1n) is 8.42. The monoisotopic (exact) mass is 379 g/mol. The van der Waals surface area contributed by atoms with Crippen LogP contribution < -0.4 is 0 Å². The normalized spacial score (nSPS) is 19.0. The zero-order valence-electron chi connectivity index (χ0n) is 14.0. The van der Waals surface area contributed by atoms with Gasteiger partial charge in [0.15, 0.2) is 9.84 Å². The van der Waals surface area contributed by atoms with Crippen molar-refractivity contribution < 1.29 is 13.2 Å². The molecule has 134 valence electrons. The molecule has 3 rings (SSSR count). The molecular weight excluding hydrogens is 358 g/mol. The van der Waals surface area contributed by atoms with Crippen molar-refractivity contribution in [1.29, 1.82) is 0 Å². The van der Waals surface area contributed by atoms with Crippen molar-refractivity contribution in [3.8, 4) is 0 Å². The standard InChI is InChI=1S/C19H22ClNO3S/c20-17-9-7-16(8-10-17)19-15-21(12-13-24-19)11-4-14-25(22,23)18-5-2-1-3-6-18/h1-3,5-10,19H,4,11-15H2. The lowest BCUT2D eigenvalue weighted by molar-refractivity contribution is -0.0297. The molecule has 1 fully saturated rings. The van der Waals surface area contributed by atoms with Crippen molar-refractivity contribution in [2.75, 3.05) is 32.0 Å². The van der Waals surface area contributed by atoms with E-state index in [4.69, 9.17) is 16.3 Å². The summed E-state index contributed by atoms with van der Waals surface area (Å²) in [5, 5.41) is 0.711. The minimum Gasteiger partial charge on any atom is -0.371 e.